The van der Waals surface area contributed by atoms with Gasteiger partial charge in [0, 0.05) is 36.8 Å². The first kappa shape index (κ1) is 25.5. The lowest BCUT2D eigenvalue weighted by molar-refractivity contribution is -0.122. The Morgan fingerprint density at radius 3 is 2.22 bits per heavy atom. The maximum absolute atomic E-state index is 13.9. The smallest absolute Gasteiger partial charge is 0.269 e. The summed E-state index contributed by atoms with van der Waals surface area (Å²) in [5.74, 6) is 0.0354. The van der Waals surface area contributed by atoms with E-state index in [-0.39, 0.29) is 5.91 Å². The predicted octanol–water partition coefficient (Wildman–Crippen LogP) is 7.14. The van der Waals surface area contributed by atoms with Gasteiger partial charge in [0.05, 0.1) is 11.4 Å². The monoisotopic (exact) mass is 528 g/mol. The Hall–Kier alpha value is -3.16. The van der Waals surface area contributed by atoms with Crippen LogP contribution in [0.2, 0.25) is 0 Å². The van der Waals surface area contributed by atoms with Crippen molar-refractivity contribution < 1.29 is 4.79 Å². The first-order valence-corrected chi connectivity index (χ1v) is 14.5. The van der Waals surface area contributed by atoms with Gasteiger partial charge in [-0.2, -0.15) is 0 Å². The van der Waals surface area contributed by atoms with E-state index < -0.39 is 0 Å². The minimum absolute atomic E-state index is 0.0354. The standard InChI is InChI=1S/C30H32N4OS2/c1-4-32(5-2)24-18-16-23(17-19-24)31-30-34(21-20-22-12-8-7-9-13-22)28(35)27(37-30)29-33(6-3)25-14-10-11-15-26(25)36-29/h7-19H,4-6,20-21H2,1-3H3/b29-27-,31-30?. The van der Waals surface area contributed by atoms with Crippen LogP contribution >= 0.6 is 23.5 Å². The lowest BCUT2D eigenvalue weighted by Gasteiger charge is -2.21. The van der Waals surface area contributed by atoms with E-state index in [0.717, 1.165) is 46.8 Å². The van der Waals surface area contributed by atoms with E-state index in [1.54, 1.807) is 11.8 Å². The minimum Gasteiger partial charge on any atom is -0.372 e. The molecule has 37 heavy (non-hydrogen) atoms. The number of carbonyl (C=O) groups is 1. The quantitative estimate of drug-likeness (QED) is 0.291. The molecule has 1 fully saturated rings. The number of carbonyl (C=O) groups excluding carboxylic acids is 1. The molecular weight excluding hydrogens is 496 g/mol. The van der Waals surface area contributed by atoms with Crippen LogP contribution in [0.3, 0.4) is 0 Å². The highest BCUT2D eigenvalue weighted by Gasteiger charge is 2.39. The number of para-hydroxylation sites is 1. The topological polar surface area (TPSA) is 39.1 Å². The van der Waals surface area contributed by atoms with Crippen LogP contribution in [-0.2, 0) is 11.2 Å². The minimum atomic E-state index is 0.0354. The highest BCUT2D eigenvalue weighted by Crippen LogP contribution is 2.50. The van der Waals surface area contributed by atoms with Crippen LogP contribution in [0.1, 0.15) is 26.3 Å². The summed E-state index contributed by atoms with van der Waals surface area (Å²) in [4.78, 5) is 27.2. The van der Waals surface area contributed by atoms with Crippen molar-refractivity contribution in [2.24, 2.45) is 4.99 Å². The zero-order valence-corrected chi connectivity index (χ0v) is 23.2. The highest BCUT2D eigenvalue weighted by molar-refractivity contribution is 8.19. The molecule has 0 aromatic heterocycles. The molecule has 0 saturated carbocycles. The van der Waals surface area contributed by atoms with E-state index in [9.17, 15) is 4.79 Å². The summed E-state index contributed by atoms with van der Waals surface area (Å²) in [6, 6.07) is 27.0. The van der Waals surface area contributed by atoms with Crippen molar-refractivity contribution in [3.63, 3.8) is 0 Å². The van der Waals surface area contributed by atoms with Gasteiger partial charge >= 0.3 is 0 Å². The van der Waals surface area contributed by atoms with Gasteiger partial charge in [-0.15, -0.1) is 0 Å². The molecule has 2 aliphatic heterocycles. The molecular formula is C30H32N4OS2. The van der Waals surface area contributed by atoms with E-state index in [4.69, 9.17) is 4.99 Å². The number of anilines is 2. The van der Waals surface area contributed by atoms with Gasteiger partial charge in [-0.05, 0) is 80.9 Å². The molecule has 0 bridgehead atoms. The number of rotatable bonds is 8. The Labute approximate surface area is 228 Å². The molecule has 0 radical (unpaired) electrons. The van der Waals surface area contributed by atoms with Gasteiger partial charge < -0.3 is 9.80 Å². The molecule has 0 aliphatic carbocycles. The second-order valence-corrected chi connectivity index (χ2v) is 10.8. The van der Waals surface area contributed by atoms with Crippen molar-refractivity contribution in [3.05, 3.63) is 94.4 Å². The molecule has 0 atom stereocenters. The van der Waals surface area contributed by atoms with Crippen LogP contribution in [0.15, 0.2) is 98.7 Å². The molecule has 7 heteroatoms. The number of hydrogen-bond acceptors (Lipinski definition) is 6. The first-order chi connectivity index (χ1) is 18.1. The van der Waals surface area contributed by atoms with Crippen molar-refractivity contribution in [1.82, 2.24) is 4.90 Å². The summed E-state index contributed by atoms with van der Waals surface area (Å²) < 4.78 is 0. The van der Waals surface area contributed by atoms with Gasteiger partial charge in [0.2, 0.25) is 0 Å². The Morgan fingerprint density at radius 1 is 0.811 bits per heavy atom. The fraction of sp³-hybridized carbons (Fsp3) is 0.267. The summed E-state index contributed by atoms with van der Waals surface area (Å²) in [7, 11) is 0. The van der Waals surface area contributed by atoms with E-state index in [0.29, 0.717) is 6.54 Å². The molecule has 0 spiro atoms. The highest BCUT2D eigenvalue weighted by atomic mass is 32.2. The molecule has 3 aromatic carbocycles. The molecule has 1 saturated heterocycles. The number of amides is 1. The average molecular weight is 529 g/mol. The maximum Gasteiger partial charge on any atom is 0.269 e. The van der Waals surface area contributed by atoms with Crippen LogP contribution in [-0.4, -0.2) is 42.2 Å². The van der Waals surface area contributed by atoms with Gasteiger partial charge in [0.25, 0.3) is 5.91 Å². The SMILES string of the molecule is CCN(CC)c1ccc(N=C2S/C(=C3\Sc4ccccc4N3CC)C(=O)N2CCc2ccccc2)cc1. The second-order valence-electron chi connectivity index (χ2n) is 8.83. The summed E-state index contributed by atoms with van der Waals surface area (Å²) in [6.07, 6.45) is 0.778. The fourth-order valence-corrected chi connectivity index (χ4v) is 7.07. The van der Waals surface area contributed by atoms with Gasteiger partial charge in [0.15, 0.2) is 5.17 Å². The number of amidine groups is 1. The van der Waals surface area contributed by atoms with Crippen molar-refractivity contribution in [1.29, 1.82) is 0 Å². The van der Waals surface area contributed by atoms with Gasteiger partial charge in [-0.3, -0.25) is 9.69 Å². The molecule has 0 N–H and O–H groups in total. The van der Waals surface area contributed by atoms with Gasteiger partial charge in [0.1, 0.15) is 9.93 Å². The van der Waals surface area contributed by atoms with E-state index in [1.807, 2.05) is 35.2 Å². The Morgan fingerprint density at radius 2 is 1.51 bits per heavy atom. The average Bonchev–Trinajstić information content (AvgIpc) is 3.46. The van der Waals surface area contributed by atoms with Crippen molar-refractivity contribution in [2.75, 3.05) is 36.0 Å². The molecule has 2 aliphatic rings. The zero-order chi connectivity index (χ0) is 25.8. The summed E-state index contributed by atoms with van der Waals surface area (Å²) >= 11 is 3.18. The fourth-order valence-electron chi connectivity index (χ4n) is 4.66. The molecule has 1 amide bonds. The van der Waals surface area contributed by atoms with Crippen molar-refractivity contribution in [3.8, 4) is 0 Å². The maximum atomic E-state index is 13.9. The molecule has 0 unspecified atom stereocenters. The number of aliphatic imine (C=N–C) groups is 1. The van der Waals surface area contributed by atoms with Gasteiger partial charge in [-0.1, -0.05) is 54.2 Å². The van der Waals surface area contributed by atoms with Crippen LogP contribution in [0.4, 0.5) is 17.1 Å². The van der Waals surface area contributed by atoms with E-state index in [1.165, 1.54) is 33.6 Å². The van der Waals surface area contributed by atoms with Crippen molar-refractivity contribution >= 4 is 51.7 Å². The number of nitrogens with zero attached hydrogens (tertiary/aromatic N) is 4. The number of thioether (sulfide) groups is 2. The van der Waals surface area contributed by atoms with E-state index >= 15 is 0 Å². The second kappa shape index (κ2) is 11.5. The van der Waals surface area contributed by atoms with Crippen LogP contribution in [0.25, 0.3) is 0 Å². The Bertz CT molecular complexity index is 1320. The third-order valence-electron chi connectivity index (χ3n) is 6.65. The summed E-state index contributed by atoms with van der Waals surface area (Å²) in [5.41, 5.74) is 4.42. The molecule has 5 rings (SSSR count). The largest absolute Gasteiger partial charge is 0.372 e. The third-order valence-corrected chi connectivity index (χ3v) is 9.03. The van der Waals surface area contributed by atoms with Gasteiger partial charge in [-0.25, -0.2) is 4.99 Å². The first-order valence-electron chi connectivity index (χ1n) is 12.9. The molecule has 2 heterocycles. The normalized spacial score (nSPS) is 18.1. The predicted molar refractivity (Wildman–Crippen MR) is 159 cm³/mol. The Balaban J connectivity index is 1.48. The summed E-state index contributed by atoms with van der Waals surface area (Å²) in [6.45, 7) is 9.79. The van der Waals surface area contributed by atoms with Crippen LogP contribution < -0.4 is 9.80 Å². The summed E-state index contributed by atoms with van der Waals surface area (Å²) in [5, 5.41) is 1.75. The van der Waals surface area contributed by atoms with Crippen LogP contribution in [0.5, 0.6) is 0 Å². The van der Waals surface area contributed by atoms with Crippen LogP contribution in [0, 0.1) is 0 Å². The lowest BCUT2D eigenvalue weighted by Crippen LogP contribution is -2.32. The molecule has 3 aromatic rings. The number of fused-ring (bicyclic) bond motifs is 1. The lowest BCUT2D eigenvalue weighted by atomic mass is 10.1. The van der Waals surface area contributed by atoms with E-state index in [2.05, 4.69) is 79.1 Å². The number of benzene rings is 3. The zero-order valence-electron chi connectivity index (χ0n) is 21.6. The number of hydrogen-bond donors (Lipinski definition) is 0. The molecule has 5 nitrogen and oxygen atoms in total. The van der Waals surface area contributed by atoms with Crippen molar-refractivity contribution in [2.45, 2.75) is 32.1 Å². The third kappa shape index (κ3) is 5.29. The molecule has 190 valence electrons. The Kier molecular flexibility index (Phi) is 7.91.